The van der Waals surface area contributed by atoms with Gasteiger partial charge in [-0.05, 0) is 36.5 Å². The maximum atomic E-state index is 12.9. The van der Waals surface area contributed by atoms with Gasteiger partial charge in [0.2, 0.25) is 0 Å². The van der Waals surface area contributed by atoms with Gasteiger partial charge in [-0.1, -0.05) is 19.1 Å². The van der Waals surface area contributed by atoms with Crippen LogP contribution in [0.15, 0.2) is 47.7 Å². The maximum Gasteiger partial charge on any atom is 0.274 e. The third kappa shape index (κ3) is 5.05. The van der Waals surface area contributed by atoms with E-state index in [1.165, 1.54) is 0 Å². The second-order valence-electron chi connectivity index (χ2n) is 10.3. The molecule has 39 heavy (non-hydrogen) atoms. The van der Waals surface area contributed by atoms with Crippen molar-refractivity contribution in [1.82, 2.24) is 40.1 Å². The molecule has 1 aromatic carbocycles. The van der Waals surface area contributed by atoms with Gasteiger partial charge < -0.3 is 9.72 Å². The Kier molecular flexibility index (Phi) is 6.90. The van der Waals surface area contributed by atoms with Crippen LogP contribution in [-0.4, -0.2) is 72.0 Å². The Hall–Kier alpha value is -4.00. The number of H-pyrrole nitrogens is 1. The summed E-state index contributed by atoms with van der Waals surface area (Å²) in [4.78, 5) is 43.8. The molecule has 0 bridgehead atoms. The number of hydroxylamine groups is 1. The van der Waals surface area contributed by atoms with Crippen LogP contribution < -0.4 is 11.0 Å². The fourth-order valence-corrected chi connectivity index (χ4v) is 5.54. The first kappa shape index (κ1) is 25.3. The lowest BCUT2D eigenvalue weighted by atomic mass is 9.97. The number of ether oxygens (including phenoxy) is 1. The van der Waals surface area contributed by atoms with E-state index in [0.717, 1.165) is 37.1 Å². The minimum atomic E-state index is -0.560. The van der Waals surface area contributed by atoms with Gasteiger partial charge in [-0.3, -0.25) is 19.7 Å². The van der Waals surface area contributed by atoms with Crippen LogP contribution in [0.4, 0.5) is 0 Å². The Balaban J connectivity index is 1.16. The molecule has 2 saturated heterocycles. The van der Waals surface area contributed by atoms with E-state index in [-0.39, 0.29) is 17.5 Å². The van der Waals surface area contributed by atoms with E-state index in [1.807, 2.05) is 4.68 Å². The van der Waals surface area contributed by atoms with Gasteiger partial charge in [0.25, 0.3) is 11.5 Å². The van der Waals surface area contributed by atoms with Crippen molar-refractivity contribution in [3.63, 3.8) is 0 Å². The molecule has 5 heterocycles. The van der Waals surface area contributed by atoms with E-state index in [2.05, 4.69) is 31.9 Å². The molecule has 2 aliphatic heterocycles. The van der Waals surface area contributed by atoms with Crippen molar-refractivity contribution in [3.05, 3.63) is 70.4 Å². The zero-order valence-electron chi connectivity index (χ0n) is 21.6. The van der Waals surface area contributed by atoms with Crippen LogP contribution in [0.1, 0.15) is 53.7 Å². The molecule has 2 atom stereocenters. The molecule has 3 aromatic heterocycles. The standard InChI is InChI=1S/C27H30N8O4/c1-16-13-34(15-23-28-10-19(11-29-23)17-2-4-18(5-3-17)26(36)33-38)14-22(16)24-31-25-21(27(37)32-24)12-30-35(25)20-6-8-39-9-7-20/h2-5,10-12,16,20,22,38H,6-9,13-15H2,1H3,(H,33,36)(H,31,32,37). The highest BCUT2D eigenvalue weighted by molar-refractivity contribution is 5.93. The number of aromatic nitrogens is 6. The van der Waals surface area contributed by atoms with Gasteiger partial charge >= 0.3 is 0 Å². The molecule has 12 heteroatoms. The zero-order valence-corrected chi connectivity index (χ0v) is 21.6. The van der Waals surface area contributed by atoms with Crippen molar-refractivity contribution in [2.45, 2.75) is 38.3 Å². The van der Waals surface area contributed by atoms with Crippen molar-refractivity contribution in [2.75, 3.05) is 26.3 Å². The molecule has 4 aromatic rings. The van der Waals surface area contributed by atoms with Gasteiger partial charge in [-0.15, -0.1) is 0 Å². The maximum absolute atomic E-state index is 12.9. The molecular weight excluding hydrogens is 500 g/mol. The summed E-state index contributed by atoms with van der Waals surface area (Å²) in [6.45, 7) is 5.72. The predicted octanol–water partition coefficient (Wildman–Crippen LogP) is 2.28. The number of carbonyl (C=O) groups excluding carboxylic acids is 1. The van der Waals surface area contributed by atoms with E-state index < -0.39 is 5.91 Å². The SMILES string of the molecule is CC1CN(Cc2ncc(-c3ccc(C(=O)NO)cc3)cn2)CC1c1nc2c(cnn2C2CCOCC2)c(=O)[nH]1. The predicted molar refractivity (Wildman–Crippen MR) is 141 cm³/mol. The molecule has 3 N–H and O–H groups in total. The smallest absolute Gasteiger partial charge is 0.274 e. The molecule has 2 fully saturated rings. The molecular formula is C27H30N8O4. The Bertz CT molecular complexity index is 1530. The summed E-state index contributed by atoms with van der Waals surface area (Å²) in [5.41, 5.74) is 4.19. The van der Waals surface area contributed by atoms with Gasteiger partial charge in [0.15, 0.2) is 5.65 Å². The Morgan fingerprint density at radius 3 is 2.56 bits per heavy atom. The van der Waals surface area contributed by atoms with Crippen molar-refractivity contribution in [1.29, 1.82) is 0 Å². The molecule has 12 nitrogen and oxygen atoms in total. The van der Waals surface area contributed by atoms with Crippen molar-refractivity contribution in [2.24, 2.45) is 5.92 Å². The minimum absolute atomic E-state index is 0.0778. The van der Waals surface area contributed by atoms with E-state index in [9.17, 15) is 9.59 Å². The second-order valence-corrected chi connectivity index (χ2v) is 10.3. The number of aromatic amines is 1. The number of fused-ring (bicyclic) bond motifs is 1. The van der Waals surface area contributed by atoms with Crippen LogP contribution in [0.3, 0.4) is 0 Å². The first-order chi connectivity index (χ1) is 19.0. The summed E-state index contributed by atoms with van der Waals surface area (Å²) >= 11 is 0. The summed E-state index contributed by atoms with van der Waals surface area (Å²) < 4.78 is 7.39. The first-order valence-electron chi connectivity index (χ1n) is 13.1. The van der Waals surface area contributed by atoms with Crippen molar-refractivity contribution < 1.29 is 14.7 Å². The third-order valence-electron chi connectivity index (χ3n) is 7.71. The summed E-state index contributed by atoms with van der Waals surface area (Å²) in [6, 6.07) is 7.02. The molecule has 0 aliphatic carbocycles. The summed E-state index contributed by atoms with van der Waals surface area (Å²) in [7, 11) is 0. The lowest BCUT2D eigenvalue weighted by Crippen LogP contribution is -2.23. The molecule has 202 valence electrons. The van der Waals surface area contributed by atoms with Crippen LogP contribution in [-0.2, 0) is 11.3 Å². The Morgan fingerprint density at radius 1 is 1.10 bits per heavy atom. The number of nitrogens with one attached hydrogen (secondary N) is 2. The molecule has 6 rings (SSSR count). The topological polar surface area (TPSA) is 151 Å². The number of benzene rings is 1. The summed E-state index contributed by atoms with van der Waals surface area (Å²) in [6.07, 6.45) is 6.88. The molecule has 2 unspecified atom stereocenters. The van der Waals surface area contributed by atoms with Gasteiger partial charge in [0.05, 0.1) is 18.8 Å². The summed E-state index contributed by atoms with van der Waals surface area (Å²) in [5, 5.41) is 13.8. The normalized spacial score (nSPS) is 20.5. The number of likely N-dealkylation sites (tertiary alicyclic amines) is 1. The summed E-state index contributed by atoms with van der Waals surface area (Å²) in [5.74, 6) is 1.21. The Morgan fingerprint density at radius 2 is 1.85 bits per heavy atom. The molecule has 0 radical (unpaired) electrons. The Labute approximate surface area is 224 Å². The highest BCUT2D eigenvalue weighted by atomic mass is 16.5. The van der Waals surface area contributed by atoms with E-state index in [1.54, 1.807) is 48.3 Å². The monoisotopic (exact) mass is 530 g/mol. The quantitative estimate of drug-likeness (QED) is 0.252. The first-order valence-corrected chi connectivity index (χ1v) is 13.1. The fourth-order valence-electron chi connectivity index (χ4n) is 5.54. The van der Waals surface area contributed by atoms with Crippen LogP contribution in [0.5, 0.6) is 0 Å². The lowest BCUT2D eigenvalue weighted by molar-refractivity contribution is 0.0673. The average Bonchev–Trinajstić information content (AvgIpc) is 3.57. The number of hydrogen-bond donors (Lipinski definition) is 3. The van der Waals surface area contributed by atoms with Gasteiger partial charge in [0, 0.05) is 55.7 Å². The highest BCUT2D eigenvalue weighted by Gasteiger charge is 2.33. The van der Waals surface area contributed by atoms with Crippen LogP contribution in [0, 0.1) is 5.92 Å². The van der Waals surface area contributed by atoms with Gasteiger partial charge in [0.1, 0.15) is 17.0 Å². The van der Waals surface area contributed by atoms with Gasteiger partial charge in [-0.25, -0.2) is 25.1 Å². The molecule has 1 amide bonds. The third-order valence-corrected chi connectivity index (χ3v) is 7.71. The number of nitrogens with zero attached hydrogens (tertiary/aromatic N) is 6. The second kappa shape index (κ2) is 10.6. The van der Waals surface area contributed by atoms with Gasteiger partial charge in [-0.2, -0.15) is 5.10 Å². The van der Waals surface area contributed by atoms with Crippen LogP contribution >= 0.6 is 0 Å². The number of amides is 1. The largest absolute Gasteiger partial charge is 0.381 e. The number of rotatable bonds is 6. The number of hydrogen-bond acceptors (Lipinski definition) is 9. The van der Waals surface area contributed by atoms with Crippen LogP contribution in [0.25, 0.3) is 22.2 Å². The molecule has 0 saturated carbocycles. The van der Waals surface area contributed by atoms with E-state index >= 15 is 0 Å². The lowest BCUT2D eigenvalue weighted by Gasteiger charge is -2.23. The fraction of sp³-hybridized carbons (Fsp3) is 0.407. The molecule has 0 spiro atoms. The number of carbonyl (C=O) groups is 1. The zero-order chi connectivity index (χ0) is 26.9. The van der Waals surface area contributed by atoms with Crippen molar-refractivity contribution in [3.8, 4) is 11.1 Å². The highest BCUT2D eigenvalue weighted by Crippen LogP contribution is 2.32. The minimum Gasteiger partial charge on any atom is -0.381 e. The van der Waals surface area contributed by atoms with Crippen molar-refractivity contribution >= 4 is 16.9 Å². The van der Waals surface area contributed by atoms with Crippen LogP contribution in [0.2, 0.25) is 0 Å². The average molecular weight is 531 g/mol. The van der Waals surface area contributed by atoms with E-state index in [4.69, 9.17) is 14.9 Å². The van der Waals surface area contributed by atoms with E-state index in [0.29, 0.717) is 53.9 Å². The molecule has 2 aliphatic rings.